The van der Waals surface area contributed by atoms with E-state index < -0.39 is 10.2 Å². The lowest BCUT2D eigenvalue weighted by atomic mass is 10.5. The van der Waals surface area contributed by atoms with Gasteiger partial charge in [0.25, 0.3) is 0 Å². The van der Waals surface area contributed by atoms with E-state index in [1.165, 1.54) is 7.11 Å². The molecule has 4 nitrogen and oxygen atoms in total. The molecule has 1 aliphatic heterocycles. The van der Waals surface area contributed by atoms with E-state index >= 15 is 0 Å². The van der Waals surface area contributed by atoms with Crippen LogP contribution in [0.1, 0.15) is 6.42 Å². The molecule has 12 heavy (non-hydrogen) atoms. The SMILES string of the molecule is COC(=O)CCS1(N)CCOC1. The number of hydrogen-bond acceptors (Lipinski definition) is 4. The molecule has 1 unspecified atom stereocenters. The fraction of sp³-hybridized carbons (Fsp3) is 0.857. The maximum atomic E-state index is 10.8. The highest BCUT2D eigenvalue weighted by Gasteiger charge is 2.25. The number of esters is 1. The van der Waals surface area contributed by atoms with Crippen molar-refractivity contribution in [2.24, 2.45) is 5.14 Å². The highest BCUT2D eigenvalue weighted by atomic mass is 32.3. The van der Waals surface area contributed by atoms with Gasteiger partial charge in [0.2, 0.25) is 0 Å². The molecule has 0 saturated carbocycles. The number of carbonyl (C=O) groups excluding carboxylic acids is 1. The number of nitrogens with two attached hydrogens (primary N) is 1. The quantitative estimate of drug-likeness (QED) is 0.651. The molecule has 5 heteroatoms. The third-order valence-electron chi connectivity index (χ3n) is 1.89. The first-order chi connectivity index (χ1) is 5.66. The van der Waals surface area contributed by atoms with Gasteiger partial charge in [-0.05, 0) is 0 Å². The molecule has 1 aliphatic rings. The van der Waals surface area contributed by atoms with Gasteiger partial charge in [0, 0.05) is 11.5 Å². The minimum absolute atomic E-state index is 0.181. The molecule has 1 saturated heterocycles. The molecule has 72 valence electrons. The van der Waals surface area contributed by atoms with Gasteiger partial charge < -0.3 is 9.47 Å². The van der Waals surface area contributed by atoms with E-state index in [0.29, 0.717) is 12.4 Å². The van der Waals surface area contributed by atoms with E-state index in [1.54, 1.807) is 0 Å². The van der Waals surface area contributed by atoms with Crippen LogP contribution in [0.25, 0.3) is 0 Å². The van der Waals surface area contributed by atoms with Crippen LogP contribution in [0.3, 0.4) is 0 Å². The summed E-state index contributed by atoms with van der Waals surface area (Å²) in [6.07, 6.45) is 0.422. The highest BCUT2D eigenvalue weighted by Crippen LogP contribution is 2.43. The maximum absolute atomic E-state index is 10.8. The summed E-state index contributed by atoms with van der Waals surface area (Å²) in [5.41, 5.74) is 0. The van der Waals surface area contributed by atoms with Gasteiger partial charge in [-0.25, -0.2) is 0 Å². The Hall–Kier alpha value is -0.260. The second-order valence-corrected chi connectivity index (χ2v) is 6.15. The minimum atomic E-state index is -1.13. The van der Waals surface area contributed by atoms with Crippen molar-refractivity contribution in [2.45, 2.75) is 6.42 Å². The summed E-state index contributed by atoms with van der Waals surface area (Å²) in [7, 11) is 0.263. The molecule has 1 fully saturated rings. The molecule has 0 bridgehead atoms. The Balaban J connectivity index is 2.25. The Kier molecular flexibility index (Phi) is 3.37. The van der Waals surface area contributed by atoms with Crippen molar-refractivity contribution in [3.63, 3.8) is 0 Å². The van der Waals surface area contributed by atoms with E-state index in [2.05, 4.69) is 4.74 Å². The molecule has 0 aliphatic carbocycles. The average molecular weight is 193 g/mol. The summed E-state index contributed by atoms with van der Waals surface area (Å²) in [5.74, 6) is 2.12. The van der Waals surface area contributed by atoms with Gasteiger partial charge in [-0.1, -0.05) is 0 Å². The predicted molar refractivity (Wildman–Crippen MR) is 49.0 cm³/mol. The normalized spacial score (nSPS) is 34.2. The molecule has 0 aromatic carbocycles. The standard InChI is InChI=1S/C7H15NO3S/c1-10-7(9)2-4-12(8)5-3-11-6-12/h2-6,8H2,1H3. The summed E-state index contributed by atoms with van der Waals surface area (Å²) in [5, 5.41) is 6.01. The lowest BCUT2D eigenvalue weighted by Gasteiger charge is -2.27. The Morgan fingerprint density at radius 3 is 3.00 bits per heavy atom. The van der Waals surface area contributed by atoms with Crippen LogP contribution >= 0.6 is 10.2 Å². The number of ether oxygens (including phenoxy) is 2. The van der Waals surface area contributed by atoms with E-state index in [1.807, 2.05) is 0 Å². The highest BCUT2D eigenvalue weighted by molar-refractivity contribution is 8.32. The van der Waals surface area contributed by atoms with E-state index in [0.717, 1.165) is 18.1 Å². The molecular weight excluding hydrogens is 178 g/mol. The Morgan fingerprint density at radius 2 is 2.50 bits per heavy atom. The zero-order valence-electron chi connectivity index (χ0n) is 7.25. The maximum Gasteiger partial charge on any atom is 0.306 e. The van der Waals surface area contributed by atoms with Crippen LogP contribution in [0.2, 0.25) is 0 Å². The Morgan fingerprint density at radius 1 is 1.75 bits per heavy atom. The van der Waals surface area contributed by atoms with Crippen LogP contribution < -0.4 is 5.14 Å². The molecule has 1 rings (SSSR count). The smallest absolute Gasteiger partial charge is 0.306 e. The fourth-order valence-electron chi connectivity index (χ4n) is 1.06. The first-order valence-corrected chi connectivity index (χ1v) is 6.05. The van der Waals surface area contributed by atoms with Crippen LogP contribution in [-0.2, 0) is 14.3 Å². The third kappa shape index (κ3) is 2.66. The lowest BCUT2D eigenvalue weighted by Crippen LogP contribution is -2.19. The first-order valence-electron chi connectivity index (χ1n) is 3.85. The molecular formula is C7H15NO3S. The summed E-state index contributed by atoms with van der Waals surface area (Å²) < 4.78 is 9.72. The number of rotatable bonds is 3. The van der Waals surface area contributed by atoms with Crippen molar-refractivity contribution in [3.05, 3.63) is 0 Å². The number of methoxy groups -OCH3 is 1. The summed E-state index contributed by atoms with van der Waals surface area (Å²) >= 11 is 0. The first kappa shape index (κ1) is 9.83. The molecule has 1 heterocycles. The van der Waals surface area contributed by atoms with E-state index in [9.17, 15) is 4.79 Å². The number of carbonyl (C=O) groups is 1. The van der Waals surface area contributed by atoms with E-state index in [4.69, 9.17) is 9.88 Å². The molecule has 0 spiro atoms. The number of hydrogen-bond donors (Lipinski definition) is 1. The van der Waals surface area contributed by atoms with Crippen molar-refractivity contribution in [3.8, 4) is 0 Å². The van der Waals surface area contributed by atoms with Gasteiger partial charge in [0.15, 0.2) is 0 Å². The molecule has 0 radical (unpaired) electrons. The van der Waals surface area contributed by atoms with Gasteiger partial charge in [-0.2, -0.15) is 10.2 Å². The van der Waals surface area contributed by atoms with Crippen LogP contribution in [0.15, 0.2) is 0 Å². The van der Waals surface area contributed by atoms with Crippen LogP contribution in [0.4, 0.5) is 0 Å². The van der Waals surface area contributed by atoms with Gasteiger partial charge in [0.05, 0.1) is 26.1 Å². The largest absolute Gasteiger partial charge is 0.469 e. The van der Waals surface area contributed by atoms with Crippen molar-refractivity contribution in [2.75, 3.05) is 31.2 Å². The van der Waals surface area contributed by atoms with Gasteiger partial charge in [-0.3, -0.25) is 9.93 Å². The van der Waals surface area contributed by atoms with Gasteiger partial charge >= 0.3 is 5.97 Å². The average Bonchev–Trinajstić information content (AvgIpc) is 2.49. The summed E-state index contributed by atoms with van der Waals surface area (Å²) in [6, 6.07) is 0. The van der Waals surface area contributed by atoms with Gasteiger partial charge in [0.1, 0.15) is 0 Å². The second kappa shape index (κ2) is 4.11. The molecule has 0 amide bonds. The van der Waals surface area contributed by atoms with E-state index in [-0.39, 0.29) is 5.97 Å². The van der Waals surface area contributed by atoms with Gasteiger partial charge in [-0.15, -0.1) is 0 Å². The Labute approximate surface area is 73.8 Å². The lowest BCUT2D eigenvalue weighted by molar-refractivity contribution is -0.140. The monoisotopic (exact) mass is 193 g/mol. The van der Waals surface area contributed by atoms with Crippen molar-refractivity contribution in [1.82, 2.24) is 0 Å². The fourth-order valence-corrected chi connectivity index (χ4v) is 2.97. The van der Waals surface area contributed by atoms with Crippen LogP contribution in [-0.4, -0.2) is 37.1 Å². The third-order valence-corrected chi connectivity index (χ3v) is 4.53. The van der Waals surface area contributed by atoms with Crippen molar-refractivity contribution in [1.29, 1.82) is 0 Å². The predicted octanol–water partition coefficient (Wildman–Crippen LogP) is 0.215. The van der Waals surface area contributed by atoms with Crippen molar-refractivity contribution < 1.29 is 14.3 Å². The summed E-state index contributed by atoms with van der Waals surface area (Å²) in [6.45, 7) is 0.743. The molecule has 1 atom stereocenters. The Bertz CT molecular complexity index is 168. The zero-order chi connectivity index (χ0) is 9.03. The van der Waals surface area contributed by atoms with Crippen LogP contribution in [0, 0.1) is 0 Å². The molecule has 2 N–H and O–H groups in total. The topological polar surface area (TPSA) is 61.5 Å². The van der Waals surface area contributed by atoms with Crippen molar-refractivity contribution >= 4 is 16.2 Å². The molecule has 0 aromatic heterocycles. The van der Waals surface area contributed by atoms with Crippen LogP contribution in [0.5, 0.6) is 0 Å². The zero-order valence-corrected chi connectivity index (χ0v) is 8.06. The summed E-state index contributed by atoms with van der Waals surface area (Å²) in [4.78, 5) is 10.8. The molecule has 0 aromatic rings. The minimum Gasteiger partial charge on any atom is -0.469 e. The second-order valence-electron chi connectivity index (χ2n) is 2.87.